The molecule has 1 aliphatic heterocycles. The van der Waals surface area contributed by atoms with Gasteiger partial charge in [0.05, 0.1) is 0 Å². The van der Waals surface area contributed by atoms with Crippen LogP contribution in [0.15, 0.2) is 121 Å². The highest BCUT2D eigenvalue weighted by molar-refractivity contribution is 6.01. The molecule has 2 aliphatic rings. The number of carbonyl (C=O) groups is 2. The number of hydrogen-bond donors (Lipinski definition) is 2. The number of unbranched alkanes of at least 4 members (excludes halogenated alkanes) is 1. The summed E-state index contributed by atoms with van der Waals surface area (Å²) < 4.78 is 0. The summed E-state index contributed by atoms with van der Waals surface area (Å²) in [4.78, 5) is 30.1. The first-order valence-electron chi connectivity index (χ1n) is 16.5. The summed E-state index contributed by atoms with van der Waals surface area (Å²) in [5.74, 6) is -1.31. The van der Waals surface area contributed by atoms with E-state index in [1.807, 2.05) is 60.7 Å². The van der Waals surface area contributed by atoms with Crippen molar-refractivity contribution in [3.63, 3.8) is 0 Å². The van der Waals surface area contributed by atoms with E-state index in [1.54, 1.807) is 12.1 Å². The third-order valence-corrected chi connectivity index (χ3v) is 10.0. The molecule has 236 valence electrons. The number of rotatable bonds is 10. The van der Waals surface area contributed by atoms with E-state index in [9.17, 15) is 14.7 Å². The predicted octanol–water partition coefficient (Wildman–Crippen LogP) is 7.46. The van der Waals surface area contributed by atoms with E-state index >= 15 is 0 Å². The number of hydrogen-bond acceptors (Lipinski definition) is 4. The molecule has 1 amide bonds. The summed E-state index contributed by atoms with van der Waals surface area (Å²) in [6.07, 6.45) is 2.22. The molecule has 1 unspecified atom stereocenters. The van der Waals surface area contributed by atoms with Crippen molar-refractivity contribution in [2.75, 3.05) is 37.6 Å². The zero-order valence-electron chi connectivity index (χ0n) is 26.4. The third-order valence-electron chi connectivity index (χ3n) is 10.0. The average Bonchev–Trinajstić information content (AvgIpc) is 3.42. The molecule has 6 heteroatoms. The largest absolute Gasteiger partial charge is 0.480 e. The number of piperazine rings is 1. The summed E-state index contributed by atoms with van der Waals surface area (Å²) in [5, 5.41) is 11.0. The standard InChI is InChI=1S/C41H39N3O3/c42-39(45)32-17-15-31(16-18-32)34-12-8-13-36-35-11-4-5-14-37(35)41(38(34)36,40(46)47)23-6-7-24-43-25-27-44(28-26-43)33-21-19-30(20-22-33)29-9-2-1-3-10-29/h1-5,8-22H,6-7,23-28H2,(H2,42,45)(H,46,47). The Balaban J connectivity index is 1.04. The molecular weight excluding hydrogens is 582 g/mol. The molecule has 1 heterocycles. The van der Waals surface area contributed by atoms with Gasteiger partial charge in [-0.1, -0.05) is 103 Å². The minimum absolute atomic E-state index is 0.427. The number of fused-ring (bicyclic) bond motifs is 3. The van der Waals surface area contributed by atoms with Crippen LogP contribution >= 0.6 is 0 Å². The molecule has 0 saturated carbocycles. The van der Waals surface area contributed by atoms with Gasteiger partial charge in [-0.25, -0.2) is 0 Å². The Morgan fingerprint density at radius 1 is 0.638 bits per heavy atom. The molecule has 6 nitrogen and oxygen atoms in total. The van der Waals surface area contributed by atoms with Crippen molar-refractivity contribution in [1.82, 2.24) is 4.90 Å². The van der Waals surface area contributed by atoms with Gasteiger partial charge in [0, 0.05) is 37.4 Å². The van der Waals surface area contributed by atoms with Crippen LogP contribution in [0.2, 0.25) is 0 Å². The molecule has 1 atom stereocenters. The second-order valence-corrected chi connectivity index (χ2v) is 12.6. The van der Waals surface area contributed by atoms with Gasteiger partial charge in [-0.3, -0.25) is 14.5 Å². The molecule has 5 aromatic carbocycles. The lowest BCUT2D eigenvalue weighted by Crippen LogP contribution is -2.46. The molecule has 47 heavy (non-hydrogen) atoms. The number of amides is 1. The predicted molar refractivity (Wildman–Crippen MR) is 189 cm³/mol. The molecule has 5 aromatic rings. The summed E-state index contributed by atoms with van der Waals surface area (Å²) >= 11 is 0. The van der Waals surface area contributed by atoms with Gasteiger partial charge in [0.1, 0.15) is 5.41 Å². The molecule has 0 bridgehead atoms. The Morgan fingerprint density at radius 3 is 1.96 bits per heavy atom. The topological polar surface area (TPSA) is 86.9 Å². The second kappa shape index (κ2) is 12.9. The number of carbonyl (C=O) groups excluding carboxylic acids is 1. The maximum atomic E-state index is 13.5. The van der Waals surface area contributed by atoms with E-state index in [4.69, 9.17) is 5.73 Å². The van der Waals surface area contributed by atoms with Crippen molar-refractivity contribution in [3.8, 4) is 33.4 Å². The van der Waals surface area contributed by atoms with E-state index in [1.165, 1.54) is 16.8 Å². The van der Waals surface area contributed by atoms with Gasteiger partial charge in [0.25, 0.3) is 0 Å². The number of anilines is 1. The van der Waals surface area contributed by atoms with Gasteiger partial charge in [0.2, 0.25) is 5.91 Å². The number of benzene rings is 5. The van der Waals surface area contributed by atoms with E-state index in [2.05, 4.69) is 58.3 Å². The molecular formula is C41H39N3O3. The molecule has 1 fully saturated rings. The van der Waals surface area contributed by atoms with Crippen molar-refractivity contribution in [2.45, 2.75) is 24.7 Å². The zero-order chi connectivity index (χ0) is 32.4. The van der Waals surface area contributed by atoms with Crippen molar-refractivity contribution < 1.29 is 14.7 Å². The average molecular weight is 622 g/mol. The van der Waals surface area contributed by atoms with Crippen LogP contribution in [-0.4, -0.2) is 54.6 Å². The highest BCUT2D eigenvalue weighted by Crippen LogP contribution is 2.54. The number of aliphatic carboxylic acids is 1. The van der Waals surface area contributed by atoms with E-state index in [0.717, 1.165) is 78.9 Å². The van der Waals surface area contributed by atoms with E-state index in [0.29, 0.717) is 12.0 Å². The number of carboxylic acids is 1. The van der Waals surface area contributed by atoms with Gasteiger partial charge < -0.3 is 15.7 Å². The first-order chi connectivity index (χ1) is 23.0. The second-order valence-electron chi connectivity index (χ2n) is 12.6. The minimum atomic E-state index is -1.16. The number of primary amides is 1. The van der Waals surface area contributed by atoms with Crippen LogP contribution in [0.25, 0.3) is 33.4 Å². The molecule has 0 spiro atoms. The molecule has 0 aromatic heterocycles. The lowest BCUT2D eigenvalue weighted by atomic mass is 9.72. The molecule has 7 rings (SSSR count). The summed E-state index contributed by atoms with van der Waals surface area (Å²) in [7, 11) is 0. The van der Waals surface area contributed by atoms with Gasteiger partial charge >= 0.3 is 5.97 Å². The first-order valence-corrected chi connectivity index (χ1v) is 16.5. The molecule has 1 saturated heterocycles. The lowest BCUT2D eigenvalue weighted by Gasteiger charge is -2.36. The van der Waals surface area contributed by atoms with Crippen LogP contribution in [0, 0.1) is 0 Å². The van der Waals surface area contributed by atoms with E-state index < -0.39 is 17.3 Å². The molecule has 0 radical (unpaired) electrons. The van der Waals surface area contributed by atoms with Crippen molar-refractivity contribution in [2.24, 2.45) is 5.73 Å². The fourth-order valence-corrected chi connectivity index (χ4v) is 7.56. The SMILES string of the molecule is NC(=O)c1ccc(-c2cccc3c2C(CCCCN2CCN(c4ccc(-c5ccccc5)cc4)CC2)(C(=O)O)c2ccccc2-3)cc1. The number of nitrogens with two attached hydrogens (primary N) is 1. The van der Waals surface area contributed by atoms with Crippen LogP contribution in [0.4, 0.5) is 5.69 Å². The Bertz CT molecular complexity index is 1900. The van der Waals surface area contributed by atoms with Crippen LogP contribution in [0.5, 0.6) is 0 Å². The van der Waals surface area contributed by atoms with Crippen LogP contribution < -0.4 is 10.6 Å². The van der Waals surface area contributed by atoms with Crippen molar-refractivity contribution >= 4 is 17.6 Å². The molecule has 3 N–H and O–H groups in total. The van der Waals surface area contributed by atoms with Gasteiger partial charge in [0.15, 0.2) is 0 Å². The summed E-state index contributed by atoms with van der Waals surface area (Å²) in [6.45, 7) is 4.87. The highest BCUT2D eigenvalue weighted by atomic mass is 16.4. The Hall–Kier alpha value is -5.20. The summed E-state index contributed by atoms with van der Waals surface area (Å²) in [6, 6.07) is 40.4. The third kappa shape index (κ3) is 5.70. The van der Waals surface area contributed by atoms with Gasteiger partial charge in [-0.05, 0) is 88.2 Å². The van der Waals surface area contributed by atoms with Crippen LogP contribution in [0.1, 0.15) is 40.7 Å². The van der Waals surface area contributed by atoms with Crippen molar-refractivity contribution in [1.29, 1.82) is 0 Å². The summed E-state index contributed by atoms with van der Waals surface area (Å²) in [5.41, 5.74) is 13.9. The fourth-order valence-electron chi connectivity index (χ4n) is 7.56. The smallest absolute Gasteiger partial charge is 0.318 e. The van der Waals surface area contributed by atoms with Crippen LogP contribution in [0.3, 0.4) is 0 Å². The van der Waals surface area contributed by atoms with Crippen LogP contribution in [-0.2, 0) is 10.2 Å². The monoisotopic (exact) mass is 621 g/mol. The Morgan fingerprint density at radius 2 is 1.26 bits per heavy atom. The fraction of sp³-hybridized carbons (Fsp3) is 0.220. The normalized spacial score (nSPS) is 17.2. The van der Waals surface area contributed by atoms with E-state index in [-0.39, 0.29) is 0 Å². The number of nitrogens with zero attached hydrogens (tertiary/aromatic N) is 2. The first kappa shape index (κ1) is 30.5. The maximum absolute atomic E-state index is 13.5. The van der Waals surface area contributed by atoms with Gasteiger partial charge in [-0.2, -0.15) is 0 Å². The number of carboxylic acid groups (broad SMARTS) is 1. The highest BCUT2D eigenvalue weighted by Gasteiger charge is 2.50. The van der Waals surface area contributed by atoms with Crippen molar-refractivity contribution in [3.05, 3.63) is 138 Å². The minimum Gasteiger partial charge on any atom is -0.480 e. The maximum Gasteiger partial charge on any atom is 0.318 e. The van der Waals surface area contributed by atoms with Gasteiger partial charge in [-0.15, -0.1) is 0 Å². The quantitative estimate of drug-likeness (QED) is 0.158. The Labute approximate surface area is 276 Å². The Kier molecular flexibility index (Phi) is 8.35. The zero-order valence-corrected chi connectivity index (χ0v) is 26.4. The molecule has 1 aliphatic carbocycles. The lowest BCUT2D eigenvalue weighted by molar-refractivity contribution is -0.142.